The van der Waals surface area contributed by atoms with Crippen molar-refractivity contribution in [3.8, 4) is 17.2 Å². The maximum absolute atomic E-state index is 12.3. The second kappa shape index (κ2) is 9.80. The van der Waals surface area contributed by atoms with E-state index in [0.29, 0.717) is 11.5 Å². The molecule has 1 aliphatic heterocycles. The normalized spacial score (nSPS) is 20.9. The number of methoxy groups -OCH3 is 3. The van der Waals surface area contributed by atoms with Crippen LogP contribution in [-0.4, -0.2) is 65.5 Å². The SMILES string of the molecule is COc1ccc(C[NH+]2CC[NH+]([C@@H](C)C(=O)NC(C)C)CC2)c(OC)c1OC. The number of carbonyl (C=O) groups is 1. The molecule has 1 atom stereocenters. The molecular weight excluding hydrogens is 346 g/mol. The van der Waals surface area contributed by atoms with Crippen LogP contribution in [0.2, 0.25) is 0 Å². The van der Waals surface area contributed by atoms with Crippen LogP contribution in [0.1, 0.15) is 26.3 Å². The van der Waals surface area contributed by atoms with Gasteiger partial charge in [-0.1, -0.05) is 0 Å². The Balaban J connectivity index is 1.99. The van der Waals surface area contributed by atoms with Crippen molar-refractivity contribution in [3.05, 3.63) is 17.7 Å². The first-order valence-corrected chi connectivity index (χ1v) is 9.67. The van der Waals surface area contributed by atoms with Gasteiger partial charge in [0.2, 0.25) is 5.75 Å². The second-order valence-electron chi connectivity index (χ2n) is 7.46. The topological polar surface area (TPSA) is 65.7 Å². The van der Waals surface area contributed by atoms with Gasteiger partial charge in [-0.25, -0.2) is 0 Å². The molecule has 0 saturated carbocycles. The molecule has 1 fully saturated rings. The van der Waals surface area contributed by atoms with E-state index in [1.807, 2.05) is 32.9 Å². The van der Waals surface area contributed by atoms with Gasteiger partial charge in [0.1, 0.15) is 32.7 Å². The maximum atomic E-state index is 12.3. The summed E-state index contributed by atoms with van der Waals surface area (Å²) in [5.41, 5.74) is 1.11. The Morgan fingerprint density at radius 3 is 2.15 bits per heavy atom. The molecule has 1 aliphatic rings. The van der Waals surface area contributed by atoms with Crippen LogP contribution in [0.5, 0.6) is 17.2 Å². The Morgan fingerprint density at radius 2 is 1.63 bits per heavy atom. The molecule has 0 spiro atoms. The molecule has 0 aliphatic carbocycles. The molecule has 7 nitrogen and oxygen atoms in total. The molecule has 1 aromatic rings. The fourth-order valence-corrected chi connectivity index (χ4v) is 3.70. The number of rotatable bonds is 8. The molecule has 7 heteroatoms. The van der Waals surface area contributed by atoms with E-state index in [9.17, 15) is 4.79 Å². The van der Waals surface area contributed by atoms with Crippen molar-refractivity contribution in [3.63, 3.8) is 0 Å². The fourth-order valence-electron chi connectivity index (χ4n) is 3.70. The zero-order chi connectivity index (χ0) is 20.0. The summed E-state index contributed by atoms with van der Waals surface area (Å²) in [6.07, 6.45) is 0. The number of carbonyl (C=O) groups excluding carboxylic acids is 1. The highest BCUT2D eigenvalue weighted by Crippen LogP contribution is 2.39. The number of hydrogen-bond acceptors (Lipinski definition) is 4. The van der Waals surface area contributed by atoms with Gasteiger partial charge in [0.05, 0.1) is 26.9 Å². The van der Waals surface area contributed by atoms with E-state index in [0.717, 1.165) is 44.0 Å². The number of nitrogens with one attached hydrogen (secondary N) is 3. The fraction of sp³-hybridized carbons (Fsp3) is 0.650. The predicted molar refractivity (Wildman–Crippen MR) is 104 cm³/mol. The van der Waals surface area contributed by atoms with Crippen LogP contribution in [0, 0.1) is 0 Å². The van der Waals surface area contributed by atoms with Crippen molar-refractivity contribution in [2.24, 2.45) is 0 Å². The zero-order valence-corrected chi connectivity index (χ0v) is 17.5. The van der Waals surface area contributed by atoms with E-state index in [4.69, 9.17) is 14.2 Å². The lowest BCUT2D eigenvalue weighted by Crippen LogP contribution is -3.29. The summed E-state index contributed by atoms with van der Waals surface area (Å²) in [5.74, 6) is 2.20. The first kappa shape index (κ1) is 21.3. The summed E-state index contributed by atoms with van der Waals surface area (Å²) in [6, 6.07) is 4.15. The van der Waals surface area contributed by atoms with Crippen molar-refractivity contribution in [2.75, 3.05) is 47.5 Å². The lowest BCUT2D eigenvalue weighted by atomic mass is 10.1. The molecular formula is C20H35N3O4+2. The quantitative estimate of drug-likeness (QED) is 0.535. The largest absolute Gasteiger partial charge is 0.493 e. The van der Waals surface area contributed by atoms with E-state index in [-0.39, 0.29) is 18.0 Å². The van der Waals surface area contributed by atoms with Gasteiger partial charge in [-0.2, -0.15) is 0 Å². The molecule has 0 bridgehead atoms. The van der Waals surface area contributed by atoms with Crippen LogP contribution in [0.4, 0.5) is 0 Å². The van der Waals surface area contributed by atoms with Crippen LogP contribution in [-0.2, 0) is 11.3 Å². The van der Waals surface area contributed by atoms with Gasteiger partial charge >= 0.3 is 0 Å². The van der Waals surface area contributed by atoms with E-state index < -0.39 is 0 Å². The van der Waals surface area contributed by atoms with Gasteiger partial charge in [0.15, 0.2) is 17.5 Å². The molecule has 1 amide bonds. The minimum absolute atomic E-state index is 0.00966. The van der Waals surface area contributed by atoms with Gasteiger partial charge in [-0.05, 0) is 32.9 Å². The molecule has 1 aromatic carbocycles. The maximum Gasteiger partial charge on any atom is 0.278 e. The van der Waals surface area contributed by atoms with Crippen molar-refractivity contribution in [1.29, 1.82) is 0 Å². The molecule has 1 heterocycles. The number of piperazine rings is 1. The molecule has 0 radical (unpaired) electrons. The summed E-state index contributed by atoms with van der Waals surface area (Å²) in [4.78, 5) is 15.1. The van der Waals surface area contributed by atoms with Crippen LogP contribution >= 0.6 is 0 Å². The summed E-state index contributed by atoms with van der Waals surface area (Å²) < 4.78 is 16.5. The third kappa shape index (κ3) is 5.26. The van der Waals surface area contributed by atoms with E-state index in [2.05, 4.69) is 5.32 Å². The Morgan fingerprint density at radius 1 is 1.00 bits per heavy atom. The molecule has 0 unspecified atom stereocenters. The molecule has 3 N–H and O–H groups in total. The Labute approximate surface area is 162 Å². The van der Waals surface area contributed by atoms with Gasteiger partial charge in [-0.15, -0.1) is 0 Å². The van der Waals surface area contributed by atoms with Crippen molar-refractivity contribution in [1.82, 2.24) is 5.32 Å². The van der Waals surface area contributed by atoms with Gasteiger partial charge in [0.25, 0.3) is 5.91 Å². The Hall–Kier alpha value is -1.99. The number of amides is 1. The van der Waals surface area contributed by atoms with Crippen LogP contribution in [0.25, 0.3) is 0 Å². The van der Waals surface area contributed by atoms with Crippen LogP contribution in [0.15, 0.2) is 12.1 Å². The van der Waals surface area contributed by atoms with Crippen LogP contribution in [0.3, 0.4) is 0 Å². The average molecular weight is 382 g/mol. The molecule has 152 valence electrons. The van der Waals surface area contributed by atoms with E-state index >= 15 is 0 Å². The number of hydrogen-bond donors (Lipinski definition) is 3. The van der Waals surface area contributed by atoms with Gasteiger partial charge < -0.3 is 29.3 Å². The molecule has 2 rings (SSSR count). The average Bonchev–Trinajstić information content (AvgIpc) is 2.66. The Kier molecular flexibility index (Phi) is 7.74. The van der Waals surface area contributed by atoms with Crippen molar-refractivity contribution < 1.29 is 28.8 Å². The summed E-state index contributed by atoms with van der Waals surface area (Å²) >= 11 is 0. The van der Waals surface area contributed by atoms with Gasteiger partial charge in [0, 0.05) is 6.04 Å². The monoisotopic (exact) mass is 381 g/mol. The van der Waals surface area contributed by atoms with E-state index in [1.54, 1.807) is 21.3 Å². The number of benzene rings is 1. The molecule has 27 heavy (non-hydrogen) atoms. The highest BCUT2D eigenvalue weighted by molar-refractivity contribution is 5.80. The van der Waals surface area contributed by atoms with Crippen molar-refractivity contribution in [2.45, 2.75) is 39.4 Å². The highest BCUT2D eigenvalue weighted by Gasteiger charge is 2.31. The van der Waals surface area contributed by atoms with Crippen molar-refractivity contribution >= 4 is 5.91 Å². The zero-order valence-electron chi connectivity index (χ0n) is 17.5. The first-order valence-electron chi connectivity index (χ1n) is 9.67. The third-order valence-electron chi connectivity index (χ3n) is 5.26. The lowest BCUT2D eigenvalue weighted by Gasteiger charge is -2.33. The standard InChI is InChI=1S/C20H33N3O4/c1-14(2)21-20(24)15(3)23-11-9-22(10-12-23)13-16-7-8-17(25-4)19(27-6)18(16)26-5/h7-8,14-15H,9-13H2,1-6H3,(H,21,24)/p+2/t15-/m0/s1. The first-order chi connectivity index (χ1) is 12.9. The summed E-state index contributed by atoms with van der Waals surface area (Å²) in [6.45, 7) is 10.9. The third-order valence-corrected chi connectivity index (χ3v) is 5.26. The van der Waals surface area contributed by atoms with Crippen LogP contribution < -0.4 is 29.3 Å². The predicted octanol–water partition coefficient (Wildman–Crippen LogP) is -1.09. The second-order valence-corrected chi connectivity index (χ2v) is 7.46. The number of ether oxygens (including phenoxy) is 3. The minimum Gasteiger partial charge on any atom is -0.493 e. The highest BCUT2D eigenvalue weighted by atomic mass is 16.5. The molecule has 0 aromatic heterocycles. The minimum atomic E-state index is -0.00966. The summed E-state index contributed by atoms with van der Waals surface area (Å²) in [7, 11) is 4.91. The Bertz CT molecular complexity index is 628. The lowest BCUT2D eigenvalue weighted by molar-refractivity contribution is -1.02. The van der Waals surface area contributed by atoms with Gasteiger partial charge in [-0.3, -0.25) is 4.79 Å². The number of quaternary nitrogens is 2. The smallest absolute Gasteiger partial charge is 0.278 e. The van der Waals surface area contributed by atoms with E-state index in [1.165, 1.54) is 9.80 Å². The summed E-state index contributed by atoms with van der Waals surface area (Å²) in [5, 5.41) is 3.02. The molecule has 1 saturated heterocycles.